The highest BCUT2D eigenvalue weighted by Gasteiger charge is 2.02. The van der Waals surface area contributed by atoms with Crippen LogP contribution in [0.2, 0.25) is 0 Å². The van der Waals surface area contributed by atoms with Gasteiger partial charge in [0, 0.05) is 35.9 Å². The van der Waals surface area contributed by atoms with Crippen LogP contribution in [0.1, 0.15) is 19.4 Å². The maximum Gasteiger partial charge on any atom is 0.315 e. The third kappa shape index (κ3) is 8.34. The summed E-state index contributed by atoms with van der Waals surface area (Å²) in [6.45, 7) is 5.70. The fourth-order valence-corrected chi connectivity index (χ4v) is 1.95. The standard InChI is InChI=1S/C15H24N2O3S/c1-12(2)11-20-14-6-4-5-13(9-14)10-17-15(18)16-7-8-21(3)19/h4-6,9,12H,7-8,10-11H2,1-3H3,(H2,16,17,18). The number of nitrogens with one attached hydrogen (secondary N) is 2. The molecule has 0 aliphatic rings. The SMILES string of the molecule is CC(C)COc1cccc(CNC(=O)NCCS(C)=O)c1. The molecule has 0 bridgehead atoms. The van der Waals surface area contributed by atoms with Crippen molar-refractivity contribution in [2.75, 3.05) is 25.2 Å². The van der Waals surface area contributed by atoms with Crippen molar-refractivity contribution in [1.82, 2.24) is 10.6 Å². The van der Waals surface area contributed by atoms with E-state index in [1.54, 1.807) is 6.26 Å². The van der Waals surface area contributed by atoms with Crippen molar-refractivity contribution in [1.29, 1.82) is 0 Å². The minimum absolute atomic E-state index is 0.256. The molecule has 1 unspecified atom stereocenters. The zero-order valence-corrected chi connectivity index (χ0v) is 13.7. The van der Waals surface area contributed by atoms with Gasteiger partial charge in [0.25, 0.3) is 0 Å². The fourth-order valence-electron chi connectivity index (χ4n) is 1.56. The number of rotatable bonds is 8. The van der Waals surface area contributed by atoms with E-state index in [9.17, 15) is 9.00 Å². The number of hydrogen-bond donors (Lipinski definition) is 2. The first-order valence-electron chi connectivity index (χ1n) is 7.01. The first-order chi connectivity index (χ1) is 9.97. The largest absolute Gasteiger partial charge is 0.493 e. The Balaban J connectivity index is 2.35. The van der Waals surface area contributed by atoms with Crippen LogP contribution in [0.25, 0.3) is 0 Å². The predicted octanol–water partition coefficient (Wildman–Crippen LogP) is 1.90. The first-order valence-corrected chi connectivity index (χ1v) is 8.73. The molecule has 5 nitrogen and oxygen atoms in total. The van der Waals surface area contributed by atoms with E-state index < -0.39 is 10.8 Å². The van der Waals surface area contributed by atoms with E-state index in [4.69, 9.17) is 4.74 Å². The maximum absolute atomic E-state index is 11.5. The van der Waals surface area contributed by atoms with Crippen LogP contribution in [0.3, 0.4) is 0 Å². The van der Waals surface area contributed by atoms with Gasteiger partial charge in [0.15, 0.2) is 0 Å². The van der Waals surface area contributed by atoms with Crippen molar-refractivity contribution in [3.8, 4) is 5.75 Å². The third-order valence-corrected chi connectivity index (χ3v) is 3.39. The molecule has 0 saturated carbocycles. The van der Waals surface area contributed by atoms with Crippen molar-refractivity contribution in [3.63, 3.8) is 0 Å². The molecule has 0 aliphatic heterocycles. The summed E-state index contributed by atoms with van der Waals surface area (Å²) in [6, 6.07) is 7.41. The lowest BCUT2D eigenvalue weighted by Gasteiger charge is -2.11. The summed E-state index contributed by atoms with van der Waals surface area (Å²) in [7, 11) is -0.890. The smallest absolute Gasteiger partial charge is 0.315 e. The van der Waals surface area contributed by atoms with E-state index >= 15 is 0 Å². The van der Waals surface area contributed by atoms with Crippen LogP contribution in [0.4, 0.5) is 4.79 Å². The molecule has 118 valence electrons. The summed E-state index contributed by atoms with van der Waals surface area (Å²) in [5.41, 5.74) is 0.977. The van der Waals surface area contributed by atoms with E-state index in [-0.39, 0.29) is 6.03 Å². The lowest BCUT2D eigenvalue weighted by Crippen LogP contribution is -2.37. The molecule has 2 amide bonds. The van der Waals surface area contributed by atoms with Crippen LogP contribution >= 0.6 is 0 Å². The molecule has 0 spiro atoms. The van der Waals surface area contributed by atoms with Crippen LogP contribution in [0.5, 0.6) is 5.75 Å². The Bertz CT molecular complexity index is 478. The Labute approximate surface area is 128 Å². The average molecular weight is 312 g/mol. The lowest BCUT2D eigenvalue weighted by atomic mass is 10.2. The molecule has 1 aromatic carbocycles. The topological polar surface area (TPSA) is 67.4 Å². The van der Waals surface area contributed by atoms with Gasteiger partial charge in [0.05, 0.1) is 6.61 Å². The number of urea groups is 1. The number of ether oxygens (including phenoxy) is 1. The van der Waals surface area contributed by atoms with Crippen molar-refractivity contribution in [3.05, 3.63) is 29.8 Å². The Kier molecular flexibility index (Phi) is 7.82. The predicted molar refractivity (Wildman–Crippen MR) is 85.9 cm³/mol. The molecule has 6 heteroatoms. The zero-order chi connectivity index (χ0) is 15.7. The van der Waals surface area contributed by atoms with Gasteiger partial charge < -0.3 is 15.4 Å². The Morgan fingerprint density at radius 1 is 1.33 bits per heavy atom. The summed E-state index contributed by atoms with van der Waals surface area (Å²) in [5, 5.41) is 5.42. The summed E-state index contributed by atoms with van der Waals surface area (Å²) >= 11 is 0. The van der Waals surface area contributed by atoms with Crippen molar-refractivity contribution < 1.29 is 13.7 Å². The molecule has 1 aromatic rings. The zero-order valence-electron chi connectivity index (χ0n) is 12.8. The Hall–Kier alpha value is -1.56. The highest BCUT2D eigenvalue weighted by atomic mass is 32.2. The number of carbonyl (C=O) groups excluding carboxylic acids is 1. The van der Waals surface area contributed by atoms with E-state index in [0.29, 0.717) is 31.4 Å². The molecule has 0 saturated heterocycles. The Morgan fingerprint density at radius 2 is 2.10 bits per heavy atom. The van der Waals surface area contributed by atoms with Crippen LogP contribution in [0.15, 0.2) is 24.3 Å². The van der Waals surface area contributed by atoms with Gasteiger partial charge in [-0.15, -0.1) is 0 Å². The number of amides is 2. The van der Waals surface area contributed by atoms with Crippen LogP contribution in [-0.4, -0.2) is 35.4 Å². The van der Waals surface area contributed by atoms with E-state index in [1.165, 1.54) is 0 Å². The Morgan fingerprint density at radius 3 is 2.76 bits per heavy atom. The summed E-state index contributed by atoms with van der Waals surface area (Å²) in [5.74, 6) is 1.75. The minimum atomic E-state index is -0.890. The van der Waals surface area contributed by atoms with Crippen molar-refractivity contribution in [2.45, 2.75) is 20.4 Å². The normalized spacial score (nSPS) is 12.0. The van der Waals surface area contributed by atoms with Gasteiger partial charge in [0.1, 0.15) is 5.75 Å². The fraction of sp³-hybridized carbons (Fsp3) is 0.533. The highest BCUT2D eigenvalue weighted by Crippen LogP contribution is 2.14. The number of hydrogen-bond acceptors (Lipinski definition) is 3. The van der Waals surface area contributed by atoms with E-state index in [0.717, 1.165) is 11.3 Å². The van der Waals surface area contributed by atoms with Gasteiger partial charge >= 0.3 is 6.03 Å². The molecule has 1 atom stereocenters. The summed E-state index contributed by atoms with van der Waals surface area (Å²) in [6.07, 6.45) is 1.61. The number of benzene rings is 1. The second kappa shape index (κ2) is 9.39. The molecular formula is C15H24N2O3S. The van der Waals surface area contributed by atoms with Crippen molar-refractivity contribution in [2.24, 2.45) is 5.92 Å². The van der Waals surface area contributed by atoms with Gasteiger partial charge in [0.2, 0.25) is 0 Å². The van der Waals surface area contributed by atoms with Crippen molar-refractivity contribution >= 4 is 16.8 Å². The molecule has 0 heterocycles. The third-order valence-electron chi connectivity index (χ3n) is 2.61. The monoisotopic (exact) mass is 312 g/mol. The maximum atomic E-state index is 11.5. The molecule has 0 radical (unpaired) electrons. The van der Waals surface area contributed by atoms with Crippen LogP contribution in [-0.2, 0) is 17.3 Å². The van der Waals surface area contributed by atoms with Gasteiger partial charge in [-0.2, -0.15) is 0 Å². The first kappa shape index (κ1) is 17.5. The van der Waals surface area contributed by atoms with Crippen LogP contribution < -0.4 is 15.4 Å². The molecule has 0 fully saturated rings. The van der Waals surface area contributed by atoms with Gasteiger partial charge in [-0.1, -0.05) is 26.0 Å². The van der Waals surface area contributed by atoms with Crippen LogP contribution in [0, 0.1) is 5.92 Å². The summed E-state index contributed by atoms with van der Waals surface area (Å²) in [4.78, 5) is 11.5. The number of carbonyl (C=O) groups is 1. The second-order valence-corrected chi connectivity index (χ2v) is 6.79. The highest BCUT2D eigenvalue weighted by molar-refractivity contribution is 7.84. The van der Waals surface area contributed by atoms with E-state index in [2.05, 4.69) is 24.5 Å². The van der Waals surface area contributed by atoms with E-state index in [1.807, 2.05) is 24.3 Å². The molecule has 1 rings (SSSR count). The molecule has 2 N–H and O–H groups in total. The quantitative estimate of drug-likeness (QED) is 0.770. The minimum Gasteiger partial charge on any atom is -0.493 e. The molecule has 0 aliphatic carbocycles. The molecule has 0 aromatic heterocycles. The molecular weight excluding hydrogens is 288 g/mol. The van der Waals surface area contributed by atoms with Gasteiger partial charge in [-0.05, 0) is 23.6 Å². The lowest BCUT2D eigenvalue weighted by molar-refractivity contribution is 0.241. The summed E-state index contributed by atoms with van der Waals surface area (Å²) < 4.78 is 16.5. The van der Waals surface area contributed by atoms with Gasteiger partial charge in [-0.25, -0.2) is 4.79 Å². The molecule has 21 heavy (non-hydrogen) atoms. The average Bonchev–Trinajstić information content (AvgIpc) is 2.43. The second-order valence-electron chi connectivity index (χ2n) is 5.24. The van der Waals surface area contributed by atoms with Gasteiger partial charge in [-0.3, -0.25) is 4.21 Å².